The predicted octanol–water partition coefficient (Wildman–Crippen LogP) is 1.65. The highest BCUT2D eigenvalue weighted by Crippen LogP contribution is 2.04. The van der Waals surface area contributed by atoms with Gasteiger partial charge >= 0.3 is 12.0 Å². The Morgan fingerprint density at radius 2 is 1.90 bits per heavy atom. The number of ether oxygens (including phenoxy) is 1. The van der Waals surface area contributed by atoms with E-state index in [0.29, 0.717) is 26.1 Å². The summed E-state index contributed by atoms with van der Waals surface area (Å²) in [5, 5.41) is 14.3. The minimum Gasteiger partial charge on any atom is -0.478 e. The number of carboxylic acid groups (broad SMARTS) is 1. The van der Waals surface area contributed by atoms with E-state index in [4.69, 9.17) is 9.84 Å². The molecule has 0 saturated carbocycles. The van der Waals surface area contributed by atoms with Crippen molar-refractivity contribution >= 4 is 12.0 Å². The summed E-state index contributed by atoms with van der Waals surface area (Å²) in [4.78, 5) is 22.2. The molecule has 6 nitrogen and oxygen atoms in total. The molecule has 1 rings (SSSR count). The van der Waals surface area contributed by atoms with Crippen molar-refractivity contribution in [3.8, 4) is 0 Å². The highest BCUT2D eigenvalue weighted by molar-refractivity contribution is 5.87. The highest BCUT2D eigenvalue weighted by Gasteiger charge is 2.05. The van der Waals surface area contributed by atoms with Gasteiger partial charge in [-0.15, -0.1) is 0 Å². The summed E-state index contributed by atoms with van der Waals surface area (Å²) >= 11 is 0. The van der Waals surface area contributed by atoms with Crippen LogP contribution in [0.15, 0.2) is 24.3 Å². The third-order valence-corrected chi connectivity index (χ3v) is 2.90. The van der Waals surface area contributed by atoms with Gasteiger partial charge in [0.1, 0.15) is 0 Å². The van der Waals surface area contributed by atoms with Crippen molar-refractivity contribution < 1.29 is 19.4 Å². The molecule has 0 spiro atoms. The number of carbonyl (C=O) groups excluding carboxylic acids is 1. The monoisotopic (exact) mass is 294 g/mol. The Bertz CT molecular complexity index is 459. The molecular formula is C15H22N2O4. The number of hydrogen-bond acceptors (Lipinski definition) is 3. The summed E-state index contributed by atoms with van der Waals surface area (Å²) in [5.41, 5.74) is 1.23. The Morgan fingerprint density at radius 1 is 1.24 bits per heavy atom. The summed E-state index contributed by atoms with van der Waals surface area (Å²) < 4.78 is 5.31. The van der Waals surface area contributed by atoms with E-state index < -0.39 is 5.97 Å². The topological polar surface area (TPSA) is 87.7 Å². The Kier molecular flexibility index (Phi) is 7.25. The molecule has 0 radical (unpaired) electrons. The summed E-state index contributed by atoms with van der Waals surface area (Å²) in [7, 11) is 0. The van der Waals surface area contributed by atoms with Gasteiger partial charge in [-0.3, -0.25) is 0 Å². The summed E-state index contributed by atoms with van der Waals surface area (Å²) in [6, 6.07) is 6.38. The molecule has 21 heavy (non-hydrogen) atoms. The molecule has 0 bridgehead atoms. The number of aromatic carboxylic acids is 1. The molecule has 0 saturated heterocycles. The van der Waals surface area contributed by atoms with Crippen LogP contribution in [0.1, 0.15) is 29.8 Å². The highest BCUT2D eigenvalue weighted by atomic mass is 16.5. The van der Waals surface area contributed by atoms with Crippen LogP contribution in [0.2, 0.25) is 0 Å². The van der Waals surface area contributed by atoms with Crippen molar-refractivity contribution in [2.24, 2.45) is 0 Å². The third-order valence-electron chi connectivity index (χ3n) is 2.90. The molecule has 0 fully saturated rings. The lowest BCUT2D eigenvalue weighted by atomic mass is 10.1. The summed E-state index contributed by atoms with van der Waals surface area (Å²) in [6.07, 6.45) is 0.637. The second-order valence-corrected chi connectivity index (χ2v) is 4.65. The number of amides is 2. The fourth-order valence-electron chi connectivity index (χ4n) is 1.78. The van der Waals surface area contributed by atoms with Crippen LogP contribution in [0.25, 0.3) is 0 Å². The molecule has 1 aromatic carbocycles. The van der Waals surface area contributed by atoms with Gasteiger partial charge < -0.3 is 20.5 Å². The molecule has 0 aliphatic carbocycles. The molecule has 116 valence electrons. The molecule has 0 aromatic heterocycles. The smallest absolute Gasteiger partial charge is 0.335 e. The van der Waals surface area contributed by atoms with Gasteiger partial charge in [-0.05, 0) is 38.0 Å². The van der Waals surface area contributed by atoms with Crippen LogP contribution < -0.4 is 10.6 Å². The van der Waals surface area contributed by atoms with Crippen molar-refractivity contribution in [3.63, 3.8) is 0 Å². The molecule has 1 aromatic rings. The van der Waals surface area contributed by atoms with Gasteiger partial charge in [0.25, 0.3) is 0 Å². The van der Waals surface area contributed by atoms with E-state index >= 15 is 0 Å². The van der Waals surface area contributed by atoms with Crippen molar-refractivity contribution in [2.75, 3.05) is 19.7 Å². The lowest BCUT2D eigenvalue weighted by molar-refractivity contribution is 0.0696. The zero-order valence-corrected chi connectivity index (χ0v) is 12.4. The van der Waals surface area contributed by atoms with Crippen LogP contribution >= 0.6 is 0 Å². The van der Waals surface area contributed by atoms with Crippen molar-refractivity contribution in [1.29, 1.82) is 0 Å². The van der Waals surface area contributed by atoms with E-state index in [1.54, 1.807) is 24.3 Å². The van der Waals surface area contributed by atoms with Gasteiger partial charge in [0, 0.05) is 19.7 Å². The van der Waals surface area contributed by atoms with Crippen LogP contribution in [0.4, 0.5) is 4.79 Å². The van der Waals surface area contributed by atoms with E-state index in [0.717, 1.165) is 5.56 Å². The maximum atomic E-state index is 11.5. The third kappa shape index (κ3) is 6.76. The van der Waals surface area contributed by atoms with Gasteiger partial charge in [-0.1, -0.05) is 12.1 Å². The van der Waals surface area contributed by atoms with Gasteiger partial charge in [-0.2, -0.15) is 0 Å². The van der Waals surface area contributed by atoms with Crippen molar-refractivity contribution in [1.82, 2.24) is 10.6 Å². The maximum Gasteiger partial charge on any atom is 0.335 e. The Balaban J connectivity index is 2.23. The van der Waals surface area contributed by atoms with Crippen LogP contribution in [-0.2, 0) is 11.2 Å². The normalized spacial score (nSPS) is 11.7. The fraction of sp³-hybridized carbons (Fsp3) is 0.467. The largest absolute Gasteiger partial charge is 0.478 e. The second kappa shape index (κ2) is 8.97. The minimum absolute atomic E-state index is 0.00990. The number of carbonyl (C=O) groups is 2. The number of carboxylic acids is 1. The van der Waals surface area contributed by atoms with Gasteiger partial charge in [-0.25, -0.2) is 9.59 Å². The van der Waals surface area contributed by atoms with Crippen molar-refractivity contribution in [3.05, 3.63) is 35.4 Å². The van der Waals surface area contributed by atoms with Crippen LogP contribution in [-0.4, -0.2) is 42.9 Å². The zero-order chi connectivity index (χ0) is 15.7. The molecular weight excluding hydrogens is 272 g/mol. The molecule has 0 aliphatic rings. The minimum atomic E-state index is -0.942. The molecule has 6 heteroatoms. The molecule has 1 unspecified atom stereocenters. The molecule has 0 heterocycles. The first-order valence-corrected chi connectivity index (χ1v) is 6.98. The lowest BCUT2D eigenvalue weighted by Crippen LogP contribution is -2.40. The first kappa shape index (κ1) is 17.0. The van der Waals surface area contributed by atoms with Gasteiger partial charge in [0.2, 0.25) is 0 Å². The Morgan fingerprint density at radius 3 is 2.48 bits per heavy atom. The second-order valence-electron chi connectivity index (χ2n) is 4.65. The van der Waals surface area contributed by atoms with Crippen LogP contribution in [0.3, 0.4) is 0 Å². The SMILES string of the molecule is CCOC(C)CNC(=O)NCCc1ccc(C(=O)O)cc1. The fourth-order valence-corrected chi connectivity index (χ4v) is 1.78. The first-order valence-electron chi connectivity index (χ1n) is 6.98. The maximum absolute atomic E-state index is 11.5. The van der Waals surface area contributed by atoms with E-state index in [9.17, 15) is 9.59 Å². The summed E-state index contributed by atoms with van der Waals surface area (Å²) in [5.74, 6) is -0.942. The number of nitrogens with one attached hydrogen (secondary N) is 2. The average Bonchev–Trinajstić information content (AvgIpc) is 2.46. The molecule has 3 N–H and O–H groups in total. The number of hydrogen-bond donors (Lipinski definition) is 3. The van der Waals surface area contributed by atoms with E-state index in [1.807, 2.05) is 13.8 Å². The van der Waals surface area contributed by atoms with Crippen LogP contribution in [0, 0.1) is 0 Å². The summed E-state index contributed by atoms with van der Waals surface area (Å²) in [6.45, 7) is 5.38. The molecule has 0 aliphatic heterocycles. The Hall–Kier alpha value is -2.08. The number of benzene rings is 1. The van der Waals surface area contributed by atoms with E-state index in [-0.39, 0.29) is 17.7 Å². The van der Waals surface area contributed by atoms with Gasteiger partial charge in [0.05, 0.1) is 11.7 Å². The quantitative estimate of drug-likeness (QED) is 0.680. The molecule has 1 atom stereocenters. The number of urea groups is 1. The number of rotatable bonds is 8. The van der Waals surface area contributed by atoms with E-state index in [1.165, 1.54) is 0 Å². The zero-order valence-electron chi connectivity index (χ0n) is 12.4. The first-order chi connectivity index (χ1) is 10.0. The van der Waals surface area contributed by atoms with Crippen molar-refractivity contribution in [2.45, 2.75) is 26.4 Å². The van der Waals surface area contributed by atoms with Crippen LogP contribution in [0.5, 0.6) is 0 Å². The van der Waals surface area contributed by atoms with Gasteiger partial charge in [0.15, 0.2) is 0 Å². The Labute approximate surface area is 124 Å². The van der Waals surface area contributed by atoms with E-state index in [2.05, 4.69) is 10.6 Å². The molecule has 2 amide bonds. The lowest BCUT2D eigenvalue weighted by Gasteiger charge is -2.13. The average molecular weight is 294 g/mol. The predicted molar refractivity (Wildman–Crippen MR) is 79.6 cm³/mol. The standard InChI is InChI=1S/C15H22N2O4/c1-3-21-11(2)10-17-15(20)16-9-8-12-4-6-13(7-5-12)14(18)19/h4-7,11H,3,8-10H2,1-2H3,(H,18,19)(H2,16,17,20).